The van der Waals surface area contributed by atoms with Crippen molar-refractivity contribution in [3.05, 3.63) is 17.5 Å². The maximum Gasteiger partial charge on any atom is 0.227 e. The Morgan fingerprint density at radius 2 is 2.37 bits per heavy atom. The van der Waals surface area contributed by atoms with Gasteiger partial charge in [0, 0.05) is 19.2 Å². The average Bonchev–Trinajstić information content (AvgIpc) is 3.07. The van der Waals surface area contributed by atoms with Crippen molar-refractivity contribution in [1.82, 2.24) is 15.4 Å². The lowest BCUT2D eigenvalue weighted by molar-refractivity contribution is -0.137. The third-order valence-corrected chi connectivity index (χ3v) is 4.35. The van der Waals surface area contributed by atoms with Gasteiger partial charge >= 0.3 is 0 Å². The monoisotopic (exact) mass is 263 g/mol. The molecule has 19 heavy (non-hydrogen) atoms. The van der Waals surface area contributed by atoms with Crippen molar-refractivity contribution in [2.75, 3.05) is 19.6 Å². The molecule has 3 rings (SSSR count). The van der Waals surface area contributed by atoms with Crippen molar-refractivity contribution >= 4 is 5.91 Å². The number of aryl methyl sites for hydroxylation is 1. The van der Waals surface area contributed by atoms with Gasteiger partial charge in [0.05, 0.1) is 17.7 Å². The standard InChI is InChI=1S/C14H21N3O2/c1-9-7-15-8-11(9)14(18)17-5-3-4-12(17)13-6-10(2)16-19-13/h6,9,11-12,15H,3-5,7-8H2,1-2H3. The lowest BCUT2D eigenvalue weighted by Gasteiger charge is -2.27. The maximum atomic E-state index is 12.7. The molecule has 1 aromatic heterocycles. The van der Waals surface area contributed by atoms with Crippen molar-refractivity contribution in [3.8, 4) is 0 Å². The molecule has 0 spiro atoms. The summed E-state index contributed by atoms with van der Waals surface area (Å²) in [5, 5.41) is 7.24. The molecular weight excluding hydrogens is 242 g/mol. The highest BCUT2D eigenvalue weighted by molar-refractivity contribution is 5.80. The number of nitrogens with one attached hydrogen (secondary N) is 1. The van der Waals surface area contributed by atoms with Crippen molar-refractivity contribution in [2.24, 2.45) is 11.8 Å². The predicted octanol–water partition coefficient (Wildman–Crippen LogP) is 1.50. The molecule has 1 amide bonds. The Morgan fingerprint density at radius 1 is 1.53 bits per heavy atom. The first kappa shape index (κ1) is 12.7. The van der Waals surface area contributed by atoms with Crippen molar-refractivity contribution < 1.29 is 9.32 Å². The Labute approximate surface area is 113 Å². The summed E-state index contributed by atoms with van der Waals surface area (Å²) in [7, 11) is 0. The van der Waals surface area contributed by atoms with Crippen LogP contribution in [-0.4, -0.2) is 35.6 Å². The molecule has 0 aromatic carbocycles. The SMILES string of the molecule is Cc1cc(C2CCCN2C(=O)C2CNCC2C)on1. The second-order valence-corrected chi connectivity index (χ2v) is 5.80. The number of nitrogens with zero attached hydrogens (tertiary/aromatic N) is 2. The highest BCUT2D eigenvalue weighted by atomic mass is 16.5. The molecule has 2 saturated heterocycles. The molecule has 3 atom stereocenters. The van der Waals surface area contributed by atoms with Gasteiger partial charge in [-0.2, -0.15) is 0 Å². The van der Waals surface area contributed by atoms with Gasteiger partial charge in [-0.3, -0.25) is 4.79 Å². The molecule has 0 aliphatic carbocycles. The van der Waals surface area contributed by atoms with E-state index in [4.69, 9.17) is 4.52 Å². The van der Waals surface area contributed by atoms with Gasteiger partial charge in [-0.15, -0.1) is 0 Å². The first-order chi connectivity index (χ1) is 9.16. The number of carbonyl (C=O) groups excluding carboxylic acids is 1. The minimum absolute atomic E-state index is 0.0847. The summed E-state index contributed by atoms with van der Waals surface area (Å²) in [4.78, 5) is 14.7. The minimum Gasteiger partial charge on any atom is -0.359 e. The lowest BCUT2D eigenvalue weighted by atomic mass is 9.96. The van der Waals surface area contributed by atoms with Gasteiger partial charge in [-0.05, 0) is 32.2 Å². The van der Waals surface area contributed by atoms with Crippen molar-refractivity contribution in [2.45, 2.75) is 32.7 Å². The molecule has 0 bridgehead atoms. The van der Waals surface area contributed by atoms with Crippen LogP contribution in [0, 0.1) is 18.8 Å². The summed E-state index contributed by atoms with van der Waals surface area (Å²) < 4.78 is 5.36. The van der Waals surface area contributed by atoms with Crippen LogP contribution < -0.4 is 5.32 Å². The summed E-state index contributed by atoms with van der Waals surface area (Å²) >= 11 is 0. The van der Waals surface area contributed by atoms with Crippen LogP contribution in [0.25, 0.3) is 0 Å². The van der Waals surface area contributed by atoms with Gasteiger partial charge in [0.15, 0.2) is 5.76 Å². The summed E-state index contributed by atoms with van der Waals surface area (Å²) in [6.45, 7) is 6.64. The third-order valence-electron chi connectivity index (χ3n) is 4.35. The molecule has 2 aliphatic heterocycles. The van der Waals surface area contributed by atoms with E-state index in [1.165, 1.54) is 0 Å². The van der Waals surface area contributed by atoms with Gasteiger partial charge in [-0.1, -0.05) is 12.1 Å². The molecule has 1 N–H and O–H groups in total. The predicted molar refractivity (Wildman–Crippen MR) is 70.5 cm³/mol. The average molecular weight is 263 g/mol. The Kier molecular flexibility index (Phi) is 3.31. The fourth-order valence-electron chi connectivity index (χ4n) is 3.22. The van der Waals surface area contributed by atoms with Crippen LogP contribution in [0.15, 0.2) is 10.6 Å². The first-order valence-corrected chi connectivity index (χ1v) is 7.11. The number of carbonyl (C=O) groups is 1. The molecular formula is C14H21N3O2. The number of aromatic nitrogens is 1. The molecule has 1 aromatic rings. The Hall–Kier alpha value is -1.36. The molecule has 0 saturated carbocycles. The summed E-state index contributed by atoms with van der Waals surface area (Å²) in [5.41, 5.74) is 0.880. The molecule has 0 radical (unpaired) electrons. The molecule has 3 unspecified atom stereocenters. The second kappa shape index (κ2) is 4.96. The fraction of sp³-hybridized carbons (Fsp3) is 0.714. The van der Waals surface area contributed by atoms with Crippen molar-refractivity contribution in [1.29, 1.82) is 0 Å². The molecule has 104 valence electrons. The number of amides is 1. The zero-order valence-electron chi connectivity index (χ0n) is 11.6. The van der Waals surface area contributed by atoms with E-state index in [1.807, 2.05) is 17.9 Å². The van der Waals surface area contributed by atoms with E-state index < -0.39 is 0 Å². The Balaban J connectivity index is 1.77. The van der Waals surface area contributed by atoms with E-state index in [-0.39, 0.29) is 17.9 Å². The smallest absolute Gasteiger partial charge is 0.227 e. The van der Waals surface area contributed by atoms with Crippen molar-refractivity contribution in [3.63, 3.8) is 0 Å². The zero-order chi connectivity index (χ0) is 13.4. The molecule has 5 heteroatoms. The Bertz CT molecular complexity index is 471. The normalized spacial score (nSPS) is 31.1. The number of rotatable bonds is 2. The molecule has 5 nitrogen and oxygen atoms in total. The van der Waals surface area contributed by atoms with E-state index in [0.29, 0.717) is 5.92 Å². The van der Waals surface area contributed by atoms with Crippen LogP contribution in [0.2, 0.25) is 0 Å². The van der Waals surface area contributed by atoms with E-state index in [0.717, 1.165) is 43.9 Å². The summed E-state index contributed by atoms with van der Waals surface area (Å²) in [6, 6.07) is 2.04. The van der Waals surface area contributed by atoms with E-state index in [9.17, 15) is 4.79 Å². The van der Waals surface area contributed by atoms with E-state index in [2.05, 4.69) is 17.4 Å². The third kappa shape index (κ3) is 2.27. The maximum absolute atomic E-state index is 12.7. The number of likely N-dealkylation sites (tertiary alicyclic amines) is 1. The fourth-order valence-corrected chi connectivity index (χ4v) is 3.22. The highest BCUT2D eigenvalue weighted by Gasteiger charge is 2.39. The van der Waals surface area contributed by atoms with Crippen LogP contribution in [0.5, 0.6) is 0 Å². The first-order valence-electron chi connectivity index (χ1n) is 7.11. The number of hydrogen-bond acceptors (Lipinski definition) is 4. The highest BCUT2D eigenvalue weighted by Crippen LogP contribution is 2.34. The second-order valence-electron chi connectivity index (χ2n) is 5.80. The van der Waals surface area contributed by atoms with Gasteiger partial charge in [0.2, 0.25) is 5.91 Å². The largest absolute Gasteiger partial charge is 0.359 e. The molecule has 3 heterocycles. The van der Waals surface area contributed by atoms with Gasteiger partial charge in [0.1, 0.15) is 0 Å². The zero-order valence-corrected chi connectivity index (χ0v) is 11.6. The van der Waals surface area contributed by atoms with E-state index in [1.54, 1.807) is 0 Å². The number of hydrogen-bond donors (Lipinski definition) is 1. The Morgan fingerprint density at radius 3 is 3.00 bits per heavy atom. The lowest BCUT2D eigenvalue weighted by Crippen LogP contribution is -2.38. The van der Waals surface area contributed by atoms with Crippen LogP contribution >= 0.6 is 0 Å². The van der Waals surface area contributed by atoms with Gasteiger partial charge in [-0.25, -0.2) is 0 Å². The van der Waals surface area contributed by atoms with E-state index >= 15 is 0 Å². The molecule has 2 aliphatic rings. The quantitative estimate of drug-likeness (QED) is 0.878. The summed E-state index contributed by atoms with van der Waals surface area (Å²) in [6.07, 6.45) is 2.03. The van der Waals surface area contributed by atoms with Gasteiger partial charge < -0.3 is 14.7 Å². The van der Waals surface area contributed by atoms with Crippen LogP contribution in [0.1, 0.15) is 37.3 Å². The van der Waals surface area contributed by atoms with Crippen LogP contribution in [0.4, 0.5) is 0 Å². The minimum atomic E-state index is 0.0847. The van der Waals surface area contributed by atoms with Gasteiger partial charge in [0.25, 0.3) is 0 Å². The summed E-state index contributed by atoms with van der Waals surface area (Å²) in [5.74, 6) is 1.64. The van der Waals surface area contributed by atoms with Crippen LogP contribution in [0.3, 0.4) is 0 Å². The molecule has 2 fully saturated rings. The topological polar surface area (TPSA) is 58.4 Å². The van der Waals surface area contributed by atoms with Crippen LogP contribution in [-0.2, 0) is 4.79 Å².